The van der Waals surface area contributed by atoms with Crippen LogP contribution in [0.15, 0.2) is 0 Å². The molecule has 0 rings (SSSR count). The molecule has 0 saturated heterocycles. The van der Waals surface area contributed by atoms with Crippen LogP contribution in [0.25, 0.3) is 0 Å². The summed E-state index contributed by atoms with van der Waals surface area (Å²) in [5, 5.41) is 0. The van der Waals surface area contributed by atoms with Crippen molar-refractivity contribution >= 4 is 10.4 Å². The summed E-state index contributed by atoms with van der Waals surface area (Å²) in [6.07, 6.45) is 12.2. The first-order chi connectivity index (χ1) is 9.49. The van der Waals surface area contributed by atoms with Gasteiger partial charge in [0.25, 0.3) is 0 Å². The van der Waals surface area contributed by atoms with Crippen molar-refractivity contribution in [3.8, 4) is 0 Å². The van der Waals surface area contributed by atoms with Crippen LogP contribution in [0.4, 0.5) is 0 Å². The molecule has 0 spiro atoms. The van der Waals surface area contributed by atoms with E-state index in [2.05, 4.69) is 18.0 Å². The monoisotopic (exact) mass is 330 g/mol. The van der Waals surface area contributed by atoms with E-state index in [9.17, 15) is 13.0 Å². The summed E-state index contributed by atoms with van der Waals surface area (Å²) >= 11 is 0. The van der Waals surface area contributed by atoms with E-state index >= 15 is 0 Å². The molecule has 21 heavy (non-hydrogen) atoms. The van der Waals surface area contributed by atoms with Gasteiger partial charge in [-0.05, 0) is 12.8 Å². The predicted molar refractivity (Wildman–Crippen MR) is 81.3 cm³/mol. The Labute approximate surface area is 153 Å². The topological polar surface area (TPSA) is 66.4 Å². The minimum Gasteiger partial charge on any atom is -0.726 e. The van der Waals surface area contributed by atoms with Gasteiger partial charge in [0.1, 0.15) is 0 Å². The second-order valence-electron chi connectivity index (χ2n) is 5.53. The molecule has 0 fully saturated rings. The molecule has 0 amide bonds. The zero-order valence-corrected chi connectivity index (χ0v) is 16.9. The fourth-order valence-corrected chi connectivity index (χ4v) is 2.88. The van der Waals surface area contributed by atoms with Gasteiger partial charge in [-0.1, -0.05) is 78.1 Å². The molecule has 0 aliphatic carbocycles. The average Bonchev–Trinajstić information content (AvgIpc) is 2.36. The van der Waals surface area contributed by atoms with Crippen LogP contribution in [-0.2, 0) is 14.6 Å². The number of rotatable bonds is 14. The zero-order valence-electron chi connectivity index (χ0n) is 14.1. The van der Waals surface area contributed by atoms with Gasteiger partial charge in [-0.3, -0.25) is 4.18 Å². The normalized spacial score (nSPS) is 12.9. The Balaban J connectivity index is 0. The largest absolute Gasteiger partial charge is 1.00 e. The number of hydrogen-bond donors (Lipinski definition) is 0. The first-order valence-corrected chi connectivity index (χ1v) is 9.47. The standard InChI is InChI=1S/C15H32O4S.Na/c1-3-5-7-9-10-12-14-15(19-20(16,17)18)13-11-8-6-4-2;/h15H,3-14H2,1-2H3,(H,16,17,18);/q;+1/p-1. The third kappa shape index (κ3) is 18.8. The first kappa shape index (κ1) is 24.1. The number of hydrogen-bond acceptors (Lipinski definition) is 4. The van der Waals surface area contributed by atoms with E-state index in [0.29, 0.717) is 12.8 Å². The van der Waals surface area contributed by atoms with Crippen molar-refractivity contribution in [2.45, 2.75) is 97.0 Å². The van der Waals surface area contributed by atoms with Crippen LogP contribution in [0.2, 0.25) is 0 Å². The van der Waals surface area contributed by atoms with E-state index in [0.717, 1.165) is 38.5 Å². The maximum atomic E-state index is 10.7. The molecule has 4 nitrogen and oxygen atoms in total. The molecule has 122 valence electrons. The van der Waals surface area contributed by atoms with Gasteiger partial charge in [0.15, 0.2) is 0 Å². The van der Waals surface area contributed by atoms with E-state index in [1.807, 2.05) is 0 Å². The van der Waals surface area contributed by atoms with Gasteiger partial charge < -0.3 is 4.55 Å². The third-order valence-corrected chi connectivity index (χ3v) is 4.02. The van der Waals surface area contributed by atoms with Crippen LogP contribution >= 0.6 is 0 Å². The van der Waals surface area contributed by atoms with Crippen LogP contribution in [0, 0.1) is 0 Å². The van der Waals surface area contributed by atoms with Crippen molar-refractivity contribution in [3.05, 3.63) is 0 Å². The Bertz CT molecular complexity index is 307. The summed E-state index contributed by atoms with van der Waals surface area (Å²) in [5.41, 5.74) is 0. The van der Waals surface area contributed by atoms with Crippen LogP contribution < -0.4 is 29.6 Å². The van der Waals surface area contributed by atoms with Crippen LogP contribution in [0.3, 0.4) is 0 Å². The smallest absolute Gasteiger partial charge is 0.726 e. The molecule has 0 aliphatic rings. The fourth-order valence-electron chi connectivity index (χ4n) is 2.36. The van der Waals surface area contributed by atoms with E-state index in [4.69, 9.17) is 0 Å². The summed E-state index contributed by atoms with van der Waals surface area (Å²) in [6.45, 7) is 4.31. The molecule has 0 N–H and O–H groups in total. The van der Waals surface area contributed by atoms with Gasteiger partial charge in [-0.25, -0.2) is 8.42 Å². The third-order valence-electron chi connectivity index (χ3n) is 3.51. The van der Waals surface area contributed by atoms with Gasteiger partial charge in [-0.2, -0.15) is 0 Å². The summed E-state index contributed by atoms with van der Waals surface area (Å²) < 4.78 is 36.8. The zero-order chi connectivity index (χ0) is 15.3. The second kappa shape index (κ2) is 15.8. The molecule has 0 aliphatic heterocycles. The summed E-state index contributed by atoms with van der Waals surface area (Å²) in [5.74, 6) is 0. The maximum Gasteiger partial charge on any atom is 1.00 e. The molecule has 1 unspecified atom stereocenters. The minimum absolute atomic E-state index is 0. The molecule has 0 heterocycles. The Morgan fingerprint density at radius 2 is 1.19 bits per heavy atom. The van der Waals surface area contributed by atoms with E-state index in [1.54, 1.807) is 0 Å². The first-order valence-electron chi connectivity index (χ1n) is 8.13. The Morgan fingerprint density at radius 1 is 0.810 bits per heavy atom. The Morgan fingerprint density at radius 3 is 1.62 bits per heavy atom. The van der Waals surface area contributed by atoms with Crippen molar-refractivity contribution < 1.29 is 46.7 Å². The molecular weight excluding hydrogens is 299 g/mol. The summed E-state index contributed by atoms with van der Waals surface area (Å²) in [6, 6.07) is 0. The van der Waals surface area contributed by atoms with Crippen molar-refractivity contribution in [3.63, 3.8) is 0 Å². The molecule has 1 atom stereocenters. The molecule has 0 bridgehead atoms. The van der Waals surface area contributed by atoms with E-state index in [1.165, 1.54) is 25.7 Å². The summed E-state index contributed by atoms with van der Waals surface area (Å²) in [4.78, 5) is 0. The van der Waals surface area contributed by atoms with Crippen LogP contribution in [-0.4, -0.2) is 19.1 Å². The number of unbranched alkanes of at least 4 members (excludes halogenated alkanes) is 8. The van der Waals surface area contributed by atoms with Gasteiger partial charge in [0.2, 0.25) is 10.4 Å². The van der Waals surface area contributed by atoms with Crippen molar-refractivity contribution in [1.29, 1.82) is 0 Å². The maximum absolute atomic E-state index is 10.7. The quantitative estimate of drug-likeness (QED) is 0.210. The predicted octanol–water partition coefficient (Wildman–Crippen LogP) is 1.56. The molecule has 0 radical (unpaired) electrons. The average molecular weight is 330 g/mol. The molecule has 6 heteroatoms. The molecule has 0 aromatic rings. The summed E-state index contributed by atoms with van der Waals surface area (Å²) in [7, 11) is -4.57. The van der Waals surface area contributed by atoms with Gasteiger partial charge in [-0.15, -0.1) is 0 Å². The van der Waals surface area contributed by atoms with Gasteiger partial charge >= 0.3 is 29.6 Å². The minimum atomic E-state index is -4.57. The fraction of sp³-hybridized carbons (Fsp3) is 1.00. The molecular formula is C15H31NaO4S. The molecule has 0 aromatic carbocycles. The van der Waals surface area contributed by atoms with E-state index in [-0.39, 0.29) is 29.6 Å². The second-order valence-corrected chi connectivity index (χ2v) is 6.54. The Hall–Kier alpha value is 0.870. The SMILES string of the molecule is CCCCCCCCC(CCCCCC)OS(=O)(=O)[O-].[Na+]. The van der Waals surface area contributed by atoms with E-state index < -0.39 is 16.5 Å². The van der Waals surface area contributed by atoms with Crippen LogP contribution in [0.1, 0.15) is 90.9 Å². The molecule has 0 aromatic heterocycles. The Kier molecular flexibility index (Phi) is 18.1. The van der Waals surface area contributed by atoms with Crippen molar-refractivity contribution in [2.24, 2.45) is 0 Å². The van der Waals surface area contributed by atoms with Crippen LogP contribution in [0.5, 0.6) is 0 Å². The van der Waals surface area contributed by atoms with Crippen molar-refractivity contribution in [2.75, 3.05) is 0 Å². The van der Waals surface area contributed by atoms with Crippen molar-refractivity contribution in [1.82, 2.24) is 0 Å². The van der Waals surface area contributed by atoms with Gasteiger partial charge in [0.05, 0.1) is 6.10 Å². The molecule has 0 saturated carbocycles. The van der Waals surface area contributed by atoms with Gasteiger partial charge in [0, 0.05) is 0 Å².